The van der Waals surface area contributed by atoms with Gasteiger partial charge in [-0.05, 0) is 30.4 Å². The second-order valence-electron chi connectivity index (χ2n) is 6.42. The molecule has 6 nitrogen and oxygen atoms in total. The first kappa shape index (κ1) is 16.8. The van der Waals surface area contributed by atoms with Crippen molar-refractivity contribution in [2.75, 3.05) is 0 Å². The second kappa shape index (κ2) is 6.95. The molecule has 1 saturated carbocycles. The first-order valence-corrected chi connectivity index (χ1v) is 9.31. The molecule has 1 amide bonds. The molecule has 0 spiro atoms. The Kier molecular flexibility index (Phi) is 4.50. The number of amides is 1. The topological polar surface area (TPSA) is 76.9 Å². The van der Waals surface area contributed by atoms with Crippen molar-refractivity contribution in [3.05, 3.63) is 57.8 Å². The van der Waals surface area contributed by atoms with Crippen molar-refractivity contribution >= 4 is 27.7 Å². The van der Waals surface area contributed by atoms with Crippen molar-refractivity contribution in [1.82, 2.24) is 19.5 Å². The van der Waals surface area contributed by atoms with E-state index in [0.29, 0.717) is 15.8 Å². The number of fused-ring (bicyclic) bond motifs is 1. The van der Waals surface area contributed by atoms with Gasteiger partial charge in [0.2, 0.25) is 0 Å². The zero-order chi connectivity index (χ0) is 18.1. The largest absolute Gasteiger partial charge is 0.348 e. The number of nitrogens with one attached hydrogen (secondary N) is 1. The van der Waals surface area contributed by atoms with Gasteiger partial charge in [0.25, 0.3) is 11.5 Å². The molecular formula is C18H17FN4O2S. The molecule has 2 heterocycles. The molecule has 1 aliphatic carbocycles. The Morgan fingerprint density at radius 1 is 1.31 bits per heavy atom. The number of aromatic nitrogens is 3. The highest BCUT2D eigenvalue weighted by atomic mass is 32.1. The fourth-order valence-corrected chi connectivity index (χ4v) is 4.08. The molecule has 0 unspecified atom stereocenters. The third-order valence-corrected chi connectivity index (χ3v) is 5.56. The van der Waals surface area contributed by atoms with E-state index < -0.39 is 0 Å². The molecular weight excluding hydrogens is 355 g/mol. The van der Waals surface area contributed by atoms with Gasteiger partial charge < -0.3 is 9.88 Å². The van der Waals surface area contributed by atoms with Crippen LogP contribution in [0.25, 0.3) is 10.2 Å². The number of rotatable bonds is 4. The van der Waals surface area contributed by atoms with E-state index in [-0.39, 0.29) is 35.4 Å². The maximum atomic E-state index is 13.8. The summed E-state index contributed by atoms with van der Waals surface area (Å²) < 4.78 is 19.7. The van der Waals surface area contributed by atoms with Gasteiger partial charge in [0.1, 0.15) is 5.82 Å². The predicted octanol–water partition coefficient (Wildman–Crippen LogP) is 3.04. The fraction of sp³-hybridized carbons (Fsp3) is 0.333. The van der Waals surface area contributed by atoms with Crippen LogP contribution in [0.2, 0.25) is 0 Å². The molecule has 26 heavy (non-hydrogen) atoms. The average molecular weight is 372 g/mol. The van der Waals surface area contributed by atoms with Crippen LogP contribution in [0.3, 0.4) is 0 Å². The highest BCUT2D eigenvalue weighted by Crippen LogP contribution is 2.29. The van der Waals surface area contributed by atoms with Crippen molar-refractivity contribution in [2.45, 2.75) is 38.3 Å². The molecule has 1 aliphatic rings. The van der Waals surface area contributed by atoms with Crippen molar-refractivity contribution in [1.29, 1.82) is 0 Å². The second-order valence-corrected chi connectivity index (χ2v) is 7.17. The highest BCUT2D eigenvalue weighted by molar-refractivity contribution is 7.13. The molecule has 0 bridgehead atoms. The molecule has 134 valence electrons. The Labute approximate surface area is 152 Å². The van der Waals surface area contributed by atoms with Crippen molar-refractivity contribution in [2.24, 2.45) is 0 Å². The average Bonchev–Trinajstić information content (AvgIpc) is 3.33. The zero-order valence-electron chi connectivity index (χ0n) is 13.9. The van der Waals surface area contributed by atoms with Gasteiger partial charge in [0, 0.05) is 24.3 Å². The summed E-state index contributed by atoms with van der Waals surface area (Å²) in [6, 6.07) is 6.39. The van der Waals surface area contributed by atoms with Crippen molar-refractivity contribution in [3.8, 4) is 0 Å². The third-order valence-electron chi connectivity index (χ3n) is 4.80. The molecule has 8 heteroatoms. The van der Waals surface area contributed by atoms with Gasteiger partial charge in [0.15, 0.2) is 5.52 Å². The minimum atomic E-state index is -0.367. The summed E-state index contributed by atoms with van der Waals surface area (Å²) >= 11 is 1.02. The summed E-state index contributed by atoms with van der Waals surface area (Å²) in [5.74, 6) is -0.732. The Hall–Kier alpha value is -2.61. The Morgan fingerprint density at radius 3 is 2.85 bits per heavy atom. The third kappa shape index (κ3) is 3.01. The van der Waals surface area contributed by atoms with E-state index in [1.807, 2.05) is 0 Å². The van der Waals surface area contributed by atoms with Crippen molar-refractivity contribution in [3.63, 3.8) is 0 Å². The number of carbonyl (C=O) groups excluding carboxylic acids is 1. The van der Waals surface area contributed by atoms with Crippen LogP contribution >= 0.6 is 11.5 Å². The van der Waals surface area contributed by atoms with Crippen LogP contribution in [0.15, 0.2) is 35.3 Å². The van der Waals surface area contributed by atoms with Crippen LogP contribution in [0.5, 0.6) is 0 Å². The van der Waals surface area contributed by atoms with E-state index in [1.165, 1.54) is 6.07 Å². The maximum absolute atomic E-state index is 13.8. The predicted molar refractivity (Wildman–Crippen MR) is 96.8 cm³/mol. The quantitative estimate of drug-likeness (QED) is 0.764. The van der Waals surface area contributed by atoms with E-state index in [1.54, 1.807) is 29.0 Å². The van der Waals surface area contributed by atoms with Crippen LogP contribution in [-0.2, 0) is 6.54 Å². The first-order chi connectivity index (χ1) is 12.6. The summed E-state index contributed by atoms with van der Waals surface area (Å²) in [4.78, 5) is 25.4. The number of carbonyl (C=O) groups is 1. The maximum Gasteiger partial charge on any atom is 0.280 e. The highest BCUT2D eigenvalue weighted by Gasteiger charge is 2.23. The summed E-state index contributed by atoms with van der Waals surface area (Å²) in [5.41, 5.74) is 0.785. The molecule has 2 aromatic heterocycles. The normalized spacial score (nSPS) is 14.8. The van der Waals surface area contributed by atoms with Gasteiger partial charge in [-0.15, -0.1) is 5.10 Å². The van der Waals surface area contributed by atoms with Crippen LogP contribution in [-0.4, -0.2) is 20.1 Å². The lowest BCUT2D eigenvalue weighted by molar-refractivity contribution is 0.0951. The Morgan fingerprint density at radius 2 is 2.08 bits per heavy atom. The van der Waals surface area contributed by atoms with Gasteiger partial charge >= 0.3 is 0 Å². The number of halogens is 1. The summed E-state index contributed by atoms with van der Waals surface area (Å²) in [5, 5.41) is 6.65. The molecule has 4 rings (SSSR count). The summed E-state index contributed by atoms with van der Waals surface area (Å²) in [6.45, 7) is 0.0712. The molecule has 0 saturated heterocycles. The van der Waals surface area contributed by atoms with E-state index in [0.717, 1.165) is 37.2 Å². The Bertz CT molecular complexity index is 1020. The van der Waals surface area contributed by atoms with E-state index in [4.69, 9.17) is 0 Å². The first-order valence-electron chi connectivity index (χ1n) is 8.54. The van der Waals surface area contributed by atoms with Gasteiger partial charge in [-0.3, -0.25) is 9.59 Å². The monoisotopic (exact) mass is 372 g/mol. The standard InChI is InChI=1S/C18H17FN4O2S/c19-14-8-4-1-5-11(14)9-20-17(24)13-10-23(12-6-2-3-7-12)18(25)15-16(13)26-22-21-15/h1,4-5,8,10,12H,2-3,6-7,9H2,(H,20,24). The van der Waals surface area contributed by atoms with Crippen molar-refractivity contribution < 1.29 is 9.18 Å². The SMILES string of the molecule is O=C(NCc1ccccc1F)c1cn(C2CCCC2)c(=O)c2nnsc12. The van der Waals surface area contributed by atoms with E-state index in [9.17, 15) is 14.0 Å². The van der Waals surface area contributed by atoms with Crippen LogP contribution in [0.1, 0.15) is 47.6 Å². The lowest BCUT2D eigenvalue weighted by atomic mass is 10.2. The summed E-state index contributed by atoms with van der Waals surface area (Å²) in [7, 11) is 0. The van der Waals surface area contributed by atoms with Crippen LogP contribution in [0.4, 0.5) is 4.39 Å². The lowest BCUT2D eigenvalue weighted by Crippen LogP contribution is -2.28. The Balaban J connectivity index is 1.67. The lowest BCUT2D eigenvalue weighted by Gasteiger charge is -2.15. The molecule has 1 aromatic carbocycles. The minimum absolute atomic E-state index is 0.0712. The number of benzene rings is 1. The number of nitrogens with zero attached hydrogens (tertiary/aromatic N) is 3. The minimum Gasteiger partial charge on any atom is -0.348 e. The van der Waals surface area contributed by atoms with E-state index >= 15 is 0 Å². The van der Waals surface area contributed by atoms with Gasteiger partial charge in [-0.1, -0.05) is 35.5 Å². The fourth-order valence-electron chi connectivity index (χ4n) is 3.41. The molecule has 0 radical (unpaired) electrons. The van der Waals surface area contributed by atoms with Gasteiger partial charge in [-0.2, -0.15) is 0 Å². The van der Waals surface area contributed by atoms with Crippen LogP contribution in [0, 0.1) is 5.82 Å². The molecule has 0 atom stereocenters. The van der Waals surface area contributed by atoms with E-state index in [2.05, 4.69) is 14.9 Å². The molecule has 3 aromatic rings. The molecule has 0 aliphatic heterocycles. The number of hydrogen-bond donors (Lipinski definition) is 1. The molecule has 1 fully saturated rings. The summed E-state index contributed by atoms with van der Waals surface area (Å²) in [6.07, 6.45) is 5.58. The van der Waals surface area contributed by atoms with Gasteiger partial charge in [0.05, 0.1) is 10.3 Å². The van der Waals surface area contributed by atoms with Gasteiger partial charge in [-0.25, -0.2) is 4.39 Å². The number of pyridine rings is 1. The smallest absolute Gasteiger partial charge is 0.280 e. The molecule has 1 N–H and O–H groups in total. The number of hydrogen-bond acceptors (Lipinski definition) is 5. The zero-order valence-corrected chi connectivity index (χ0v) is 14.8. The van der Waals surface area contributed by atoms with Crippen LogP contribution < -0.4 is 10.9 Å².